The number of aromatic nitrogens is 4. The summed E-state index contributed by atoms with van der Waals surface area (Å²) in [4.78, 5) is 16.6. The Morgan fingerprint density at radius 2 is 0.958 bits per heavy atom. The second-order valence-electron chi connectivity index (χ2n) is 19.1. The van der Waals surface area contributed by atoms with Crippen molar-refractivity contribution in [2.24, 2.45) is 0 Å². The number of hydrogen-bond donors (Lipinski definition) is 0. The number of hydrogen-bond acceptors (Lipinski definition) is 4. The highest BCUT2D eigenvalue weighted by molar-refractivity contribution is 6.16. The molecule has 0 fully saturated rings. The van der Waals surface area contributed by atoms with Crippen LogP contribution in [0.2, 0.25) is 0 Å². The van der Waals surface area contributed by atoms with Crippen LogP contribution in [0.15, 0.2) is 229 Å². The number of furan rings is 1. The molecule has 0 amide bonds. The van der Waals surface area contributed by atoms with E-state index >= 15 is 0 Å². The van der Waals surface area contributed by atoms with Crippen LogP contribution in [-0.2, 0) is 0 Å². The number of benzene rings is 11. The quantitative estimate of drug-likeness (QED) is 0.173. The normalized spacial score (nSPS) is 14.5. The molecule has 332 valence electrons. The minimum Gasteiger partial charge on any atom is -0.456 e. The summed E-state index contributed by atoms with van der Waals surface area (Å²) in [6, 6.07) is 80.8. The maximum atomic E-state index is 6.88. The molecule has 0 saturated carbocycles. The average Bonchev–Trinajstić information content (AvgIpc) is 3.94. The summed E-state index contributed by atoms with van der Waals surface area (Å²) < 4.78 is 9.26. The molecule has 0 N–H and O–H groups in total. The fourth-order valence-electron chi connectivity index (χ4n) is 11.9. The van der Waals surface area contributed by atoms with Crippen LogP contribution in [0.3, 0.4) is 0 Å². The highest BCUT2D eigenvalue weighted by Crippen LogP contribution is 2.51. The lowest BCUT2D eigenvalue weighted by Crippen LogP contribution is -2.17. The standard InChI is InChI=1S/C66H42N4O/c1-39-47-31-30-46(34-53(47)49-25-11-12-27-51(49)63(39)41-17-3-2-4-18-41)64-67-65(52-28-15-23-40-16-9-10-24-48(40)52)69-66(68-64)57-37-56-55-33-43-20-6-8-22-45(43)36-61(55)71-62(56)38-60(57)70-58-29-14-13-26-50(58)54-32-42-19-5-7-21-44(42)35-59(54)70/h2-39,63H,1H3. The van der Waals surface area contributed by atoms with Crippen LogP contribution >= 0.6 is 0 Å². The lowest BCUT2D eigenvalue weighted by atomic mass is 9.69. The van der Waals surface area contributed by atoms with Gasteiger partial charge in [0.2, 0.25) is 0 Å². The van der Waals surface area contributed by atoms with Crippen molar-refractivity contribution in [2.45, 2.75) is 18.8 Å². The molecule has 2 unspecified atom stereocenters. The van der Waals surface area contributed by atoms with Crippen molar-refractivity contribution in [3.05, 3.63) is 241 Å². The summed E-state index contributed by atoms with van der Waals surface area (Å²) >= 11 is 0. The van der Waals surface area contributed by atoms with Gasteiger partial charge in [0.15, 0.2) is 17.5 Å². The van der Waals surface area contributed by atoms with E-state index < -0.39 is 0 Å². The largest absolute Gasteiger partial charge is 0.456 e. The third kappa shape index (κ3) is 6.16. The molecule has 0 bridgehead atoms. The molecule has 0 aliphatic heterocycles. The maximum Gasteiger partial charge on any atom is 0.166 e. The molecule has 15 rings (SSSR count). The number of fused-ring (bicyclic) bond motifs is 12. The second kappa shape index (κ2) is 15.4. The zero-order valence-corrected chi connectivity index (χ0v) is 38.7. The van der Waals surface area contributed by atoms with Gasteiger partial charge in [0.25, 0.3) is 0 Å². The SMILES string of the molecule is CC1c2ccc(-c3nc(-c4cc5c(cc4-n4c6ccccc6c6cc7ccccc7cc64)oc4cc6ccccc6cc45)nc(-c4cccc5ccccc45)n3)cc2-c2ccccc2C1c1ccccc1. The van der Waals surface area contributed by atoms with E-state index in [1.54, 1.807) is 0 Å². The molecule has 2 atom stereocenters. The predicted octanol–water partition coefficient (Wildman–Crippen LogP) is 17.2. The molecule has 11 aromatic carbocycles. The molecule has 3 aromatic heterocycles. The van der Waals surface area contributed by atoms with Crippen molar-refractivity contribution >= 4 is 76.1 Å². The van der Waals surface area contributed by atoms with Gasteiger partial charge in [-0.05, 0) is 109 Å². The van der Waals surface area contributed by atoms with Crippen molar-refractivity contribution in [3.8, 4) is 51.0 Å². The van der Waals surface area contributed by atoms with Gasteiger partial charge in [-0.15, -0.1) is 0 Å². The van der Waals surface area contributed by atoms with E-state index in [-0.39, 0.29) is 11.8 Å². The van der Waals surface area contributed by atoms with E-state index in [0.29, 0.717) is 17.5 Å². The Morgan fingerprint density at radius 1 is 0.366 bits per heavy atom. The van der Waals surface area contributed by atoms with Crippen LogP contribution in [0.4, 0.5) is 0 Å². The first-order valence-corrected chi connectivity index (χ1v) is 24.4. The first-order chi connectivity index (χ1) is 35.1. The summed E-state index contributed by atoms with van der Waals surface area (Å²) in [7, 11) is 0. The van der Waals surface area contributed by atoms with Crippen molar-refractivity contribution in [2.75, 3.05) is 0 Å². The first kappa shape index (κ1) is 39.8. The predicted molar refractivity (Wildman–Crippen MR) is 292 cm³/mol. The summed E-state index contributed by atoms with van der Waals surface area (Å²) in [6.45, 7) is 2.36. The Balaban J connectivity index is 1.03. The van der Waals surface area contributed by atoms with Crippen LogP contribution in [0.25, 0.3) is 127 Å². The zero-order chi connectivity index (χ0) is 46.7. The Hall–Kier alpha value is -9.19. The number of para-hydroxylation sites is 1. The van der Waals surface area contributed by atoms with Gasteiger partial charge in [0.1, 0.15) is 11.2 Å². The van der Waals surface area contributed by atoms with E-state index in [9.17, 15) is 0 Å². The Morgan fingerprint density at radius 3 is 1.77 bits per heavy atom. The first-order valence-electron chi connectivity index (χ1n) is 24.4. The van der Waals surface area contributed by atoms with E-state index in [0.717, 1.165) is 76.9 Å². The molecule has 0 spiro atoms. The Labute approximate surface area is 409 Å². The minimum atomic E-state index is 0.233. The molecular weight excluding hydrogens is 865 g/mol. The van der Waals surface area contributed by atoms with E-state index in [1.165, 1.54) is 49.4 Å². The van der Waals surface area contributed by atoms with Crippen molar-refractivity contribution in [1.82, 2.24) is 19.5 Å². The molecule has 5 heteroatoms. The van der Waals surface area contributed by atoms with Crippen LogP contribution in [0, 0.1) is 0 Å². The average molecular weight is 907 g/mol. The summed E-state index contributed by atoms with van der Waals surface area (Å²) in [5, 5.41) is 11.2. The van der Waals surface area contributed by atoms with Crippen LogP contribution < -0.4 is 0 Å². The van der Waals surface area contributed by atoms with E-state index in [4.69, 9.17) is 19.4 Å². The van der Waals surface area contributed by atoms with Gasteiger partial charge in [-0.2, -0.15) is 0 Å². The number of nitrogens with zero attached hydrogens (tertiary/aromatic N) is 4. The van der Waals surface area contributed by atoms with Crippen molar-refractivity contribution in [3.63, 3.8) is 0 Å². The molecule has 3 heterocycles. The molecule has 1 aliphatic rings. The zero-order valence-electron chi connectivity index (χ0n) is 38.7. The summed E-state index contributed by atoms with van der Waals surface area (Å²) in [5.41, 5.74) is 13.9. The lowest BCUT2D eigenvalue weighted by molar-refractivity contribution is 0.649. The maximum absolute atomic E-state index is 6.88. The molecule has 5 nitrogen and oxygen atoms in total. The van der Waals surface area contributed by atoms with Crippen LogP contribution in [0.1, 0.15) is 35.4 Å². The Kier molecular flexibility index (Phi) is 8.63. The third-order valence-corrected chi connectivity index (χ3v) is 15.2. The fourth-order valence-corrected chi connectivity index (χ4v) is 11.9. The third-order valence-electron chi connectivity index (χ3n) is 15.2. The topological polar surface area (TPSA) is 56.7 Å². The van der Waals surface area contributed by atoms with Gasteiger partial charge >= 0.3 is 0 Å². The Bertz CT molecular complexity index is 4500. The molecule has 14 aromatic rings. The van der Waals surface area contributed by atoms with Gasteiger partial charge in [0, 0.05) is 50.2 Å². The highest BCUT2D eigenvalue weighted by atomic mass is 16.3. The van der Waals surface area contributed by atoms with Gasteiger partial charge in [-0.1, -0.05) is 183 Å². The van der Waals surface area contributed by atoms with Gasteiger partial charge in [-0.25, -0.2) is 15.0 Å². The summed E-state index contributed by atoms with van der Waals surface area (Å²) in [6.07, 6.45) is 0. The minimum absolute atomic E-state index is 0.233. The monoisotopic (exact) mass is 906 g/mol. The molecule has 71 heavy (non-hydrogen) atoms. The van der Waals surface area contributed by atoms with Gasteiger partial charge in [-0.3, -0.25) is 0 Å². The van der Waals surface area contributed by atoms with Crippen molar-refractivity contribution in [1.29, 1.82) is 0 Å². The van der Waals surface area contributed by atoms with Crippen LogP contribution in [0.5, 0.6) is 0 Å². The van der Waals surface area contributed by atoms with Gasteiger partial charge in [0.05, 0.1) is 16.7 Å². The number of rotatable bonds is 5. The smallest absolute Gasteiger partial charge is 0.166 e. The van der Waals surface area contributed by atoms with Gasteiger partial charge < -0.3 is 8.98 Å². The highest BCUT2D eigenvalue weighted by Gasteiger charge is 2.32. The summed E-state index contributed by atoms with van der Waals surface area (Å²) in [5.74, 6) is 2.28. The molecule has 1 aliphatic carbocycles. The second-order valence-corrected chi connectivity index (χ2v) is 19.1. The fraction of sp³-hybridized carbons (Fsp3) is 0.0455. The molecule has 0 radical (unpaired) electrons. The van der Waals surface area contributed by atoms with Crippen molar-refractivity contribution < 1.29 is 4.42 Å². The van der Waals surface area contributed by atoms with E-state index in [2.05, 4.69) is 236 Å². The molecular formula is C66H42N4O. The lowest BCUT2D eigenvalue weighted by Gasteiger charge is -2.34. The van der Waals surface area contributed by atoms with E-state index in [1.807, 2.05) is 0 Å². The van der Waals surface area contributed by atoms with Crippen LogP contribution in [-0.4, -0.2) is 19.5 Å². The molecule has 0 saturated heterocycles.